The Morgan fingerprint density at radius 2 is 1.41 bits per heavy atom. The number of hydrogen-bond acceptors (Lipinski definition) is 9. The average Bonchev–Trinajstić information content (AvgIpc) is 3.21. The second kappa shape index (κ2) is 18.0. The number of nitrogens with zero attached hydrogens (tertiary/aromatic N) is 1. The summed E-state index contributed by atoms with van der Waals surface area (Å²) in [5.74, 6) is -2.31. The molecule has 0 aromatic rings. The minimum absolute atomic E-state index is 0.0141. The molecule has 0 aliphatic carbocycles. The van der Waals surface area contributed by atoms with Gasteiger partial charge in [-0.1, -0.05) is 34.6 Å². The molecule has 14 heteroatoms. The maximum Gasteiger partial charge on any atom is 0.407 e. The van der Waals surface area contributed by atoms with Crippen molar-refractivity contribution in [1.29, 1.82) is 0 Å². The molecule has 1 aliphatic heterocycles. The fourth-order valence-corrected chi connectivity index (χ4v) is 3.28. The van der Waals surface area contributed by atoms with Gasteiger partial charge in [-0.25, -0.2) is 4.79 Å². The highest BCUT2D eigenvalue weighted by molar-refractivity contribution is 6.12. The Morgan fingerprint density at radius 3 is 2.00 bits per heavy atom. The molecule has 6 amide bonds. The Labute approximate surface area is 241 Å². The van der Waals surface area contributed by atoms with Crippen LogP contribution in [-0.2, 0) is 38.2 Å². The van der Waals surface area contributed by atoms with Gasteiger partial charge in [-0.15, -0.1) is 0 Å². The van der Waals surface area contributed by atoms with E-state index in [1.807, 2.05) is 20.8 Å². The highest BCUT2D eigenvalue weighted by atomic mass is 16.5. The van der Waals surface area contributed by atoms with Crippen molar-refractivity contribution >= 4 is 35.6 Å². The molecule has 0 bridgehead atoms. The molecule has 14 nitrogen and oxygen atoms in total. The number of imide groups is 1. The molecule has 0 fully saturated rings. The fraction of sp³-hybridized carbons (Fsp3) is 0.704. The van der Waals surface area contributed by atoms with Crippen LogP contribution in [0, 0.1) is 11.3 Å². The lowest BCUT2D eigenvalue weighted by Crippen LogP contribution is -2.55. The molecule has 0 saturated carbocycles. The summed E-state index contributed by atoms with van der Waals surface area (Å²) >= 11 is 0. The third kappa shape index (κ3) is 15.2. The number of alkyl carbamates (subject to hydrolysis) is 1. The predicted octanol–water partition coefficient (Wildman–Crippen LogP) is -0.131. The number of hydrogen-bond donors (Lipinski definition) is 4. The van der Waals surface area contributed by atoms with Gasteiger partial charge in [-0.3, -0.25) is 28.9 Å². The number of ether oxygens (including phenoxy) is 3. The molecule has 232 valence electrons. The fourth-order valence-electron chi connectivity index (χ4n) is 3.28. The number of carbonyl (C=O) groups is 6. The standard InChI is InChI=1S/C27H45N5O9/c1-18(2)23(25(37)30-19(3)24(36)28-10-11-29-26(38)41-17-27(4,5)6)31-20(33)9-13-39-15-16-40-14-12-32-21(34)7-8-22(32)35/h7-8,18-19,23H,9-17H2,1-6H3,(H,28,36)(H,29,38)(H,30,37)(H,31,33)/t19-,23-/m0/s1. The van der Waals surface area contributed by atoms with Crippen molar-refractivity contribution < 1.29 is 43.0 Å². The lowest BCUT2D eigenvalue weighted by Gasteiger charge is -2.24. The quantitative estimate of drug-likeness (QED) is 0.126. The van der Waals surface area contributed by atoms with Crippen LogP contribution in [0.15, 0.2) is 12.2 Å². The molecule has 2 atom stereocenters. The van der Waals surface area contributed by atoms with E-state index in [1.165, 1.54) is 19.1 Å². The minimum atomic E-state index is -0.866. The predicted molar refractivity (Wildman–Crippen MR) is 148 cm³/mol. The van der Waals surface area contributed by atoms with E-state index in [0.29, 0.717) is 0 Å². The second-order valence-electron chi connectivity index (χ2n) is 11.0. The topological polar surface area (TPSA) is 181 Å². The Balaban J connectivity index is 2.24. The van der Waals surface area contributed by atoms with Crippen molar-refractivity contribution in [2.45, 2.75) is 60.0 Å². The Bertz CT molecular complexity index is 928. The monoisotopic (exact) mass is 583 g/mol. The van der Waals surface area contributed by atoms with Crippen molar-refractivity contribution in [3.63, 3.8) is 0 Å². The number of nitrogens with one attached hydrogen (secondary N) is 4. The first-order valence-corrected chi connectivity index (χ1v) is 13.7. The van der Waals surface area contributed by atoms with E-state index in [0.717, 1.165) is 4.90 Å². The van der Waals surface area contributed by atoms with Crippen molar-refractivity contribution in [1.82, 2.24) is 26.2 Å². The summed E-state index contributed by atoms with van der Waals surface area (Å²) in [5.41, 5.74) is -0.156. The van der Waals surface area contributed by atoms with Crippen molar-refractivity contribution in [2.24, 2.45) is 11.3 Å². The summed E-state index contributed by atoms with van der Waals surface area (Å²) in [6, 6.07) is -1.72. The molecule has 0 radical (unpaired) electrons. The average molecular weight is 584 g/mol. The summed E-state index contributed by atoms with van der Waals surface area (Å²) < 4.78 is 15.8. The SMILES string of the molecule is CC(C)[C@H](NC(=O)CCOCCOCCN1C(=O)C=CC1=O)C(=O)N[C@@H](C)C(=O)NCCNC(=O)OCC(C)(C)C. The summed E-state index contributed by atoms with van der Waals surface area (Å²) in [6.45, 7) is 12.3. The number of rotatable bonds is 18. The van der Waals surface area contributed by atoms with E-state index in [1.54, 1.807) is 13.8 Å². The van der Waals surface area contributed by atoms with Crippen LogP contribution in [0.5, 0.6) is 0 Å². The Morgan fingerprint density at radius 1 is 0.829 bits per heavy atom. The molecule has 4 N–H and O–H groups in total. The maximum atomic E-state index is 12.7. The summed E-state index contributed by atoms with van der Waals surface area (Å²) in [7, 11) is 0. The van der Waals surface area contributed by atoms with E-state index in [-0.39, 0.29) is 88.1 Å². The normalized spacial score (nSPS) is 14.6. The number of carbonyl (C=O) groups excluding carboxylic acids is 6. The van der Waals surface area contributed by atoms with Gasteiger partial charge in [0.25, 0.3) is 11.8 Å². The van der Waals surface area contributed by atoms with E-state index >= 15 is 0 Å². The van der Waals surface area contributed by atoms with Gasteiger partial charge in [0, 0.05) is 31.7 Å². The molecule has 0 saturated heterocycles. The summed E-state index contributed by atoms with van der Waals surface area (Å²) in [6.07, 6.45) is 1.85. The third-order valence-electron chi connectivity index (χ3n) is 5.55. The van der Waals surface area contributed by atoms with Crippen LogP contribution in [0.4, 0.5) is 4.79 Å². The first kappa shape index (κ1) is 35.5. The van der Waals surface area contributed by atoms with Crippen molar-refractivity contribution in [2.75, 3.05) is 52.7 Å². The van der Waals surface area contributed by atoms with Gasteiger partial charge in [-0.05, 0) is 18.3 Å². The van der Waals surface area contributed by atoms with Crippen LogP contribution in [0.2, 0.25) is 0 Å². The highest BCUT2D eigenvalue weighted by Gasteiger charge is 2.27. The largest absolute Gasteiger partial charge is 0.449 e. The highest BCUT2D eigenvalue weighted by Crippen LogP contribution is 2.12. The molecular formula is C27H45N5O9. The molecule has 0 aromatic carbocycles. The second-order valence-corrected chi connectivity index (χ2v) is 11.0. The zero-order valence-corrected chi connectivity index (χ0v) is 24.9. The van der Waals surface area contributed by atoms with Gasteiger partial charge >= 0.3 is 6.09 Å². The molecule has 0 spiro atoms. The van der Waals surface area contributed by atoms with Crippen LogP contribution < -0.4 is 21.3 Å². The zero-order valence-electron chi connectivity index (χ0n) is 24.9. The first-order chi connectivity index (χ1) is 19.2. The third-order valence-corrected chi connectivity index (χ3v) is 5.55. The van der Waals surface area contributed by atoms with Crippen LogP contribution in [0.25, 0.3) is 0 Å². The molecular weight excluding hydrogens is 538 g/mol. The first-order valence-electron chi connectivity index (χ1n) is 13.7. The van der Waals surface area contributed by atoms with E-state index in [9.17, 15) is 28.8 Å². The number of amides is 6. The van der Waals surface area contributed by atoms with Crippen LogP contribution >= 0.6 is 0 Å². The maximum absolute atomic E-state index is 12.7. The van der Waals surface area contributed by atoms with Crippen LogP contribution in [-0.4, -0.2) is 105 Å². The lowest BCUT2D eigenvalue weighted by atomic mass is 9.99. The van der Waals surface area contributed by atoms with Gasteiger partial charge in [0.05, 0.1) is 39.6 Å². The molecule has 41 heavy (non-hydrogen) atoms. The van der Waals surface area contributed by atoms with Gasteiger partial charge in [0.2, 0.25) is 17.7 Å². The summed E-state index contributed by atoms with van der Waals surface area (Å²) in [4.78, 5) is 73.1. The van der Waals surface area contributed by atoms with Gasteiger partial charge in [-0.2, -0.15) is 0 Å². The van der Waals surface area contributed by atoms with Crippen molar-refractivity contribution in [3.05, 3.63) is 12.2 Å². The molecule has 0 unspecified atom stereocenters. The van der Waals surface area contributed by atoms with Crippen LogP contribution in [0.1, 0.15) is 48.0 Å². The zero-order chi connectivity index (χ0) is 31.0. The lowest BCUT2D eigenvalue weighted by molar-refractivity contribution is -0.137. The van der Waals surface area contributed by atoms with Crippen molar-refractivity contribution in [3.8, 4) is 0 Å². The van der Waals surface area contributed by atoms with Gasteiger partial charge in [0.15, 0.2) is 0 Å². The summed E-state index contributed by atoms with van der Waals surface area (Å²) in [5, 5.41) is 10.4. The van der Waals surface area contributed by atoms with E-state index < -0.39 is 30.0 Å². The van der Waals surface area contributed by atoms with Gasteiger partial charge < -0.3 is 35.5 Å². The molecule has 0 aromatic heterocycles. The van der Waals surface area contributed by atoms with E-state index in [2.05, 4.69) is 21.3 Å². The molecule has 1 rings (SSSR count). The Kier molecular flexibility index (Phi) is 15.6. The minimum Gasteiger partial charge on any atom is -0.449 e. The van der Waals surface area contributed by atoms with E-state index in [4.69, 9.17) is 14.2 Å². The van der Waals surface area contributed by atoms with Crippen LogP contribution in [0.3, 0.4) is 0 Å². The Hall–Kier alpha value is -3.52. The molecule has 1 aliphatic rings. The van der Waals surface area contributed by atoms with Gasteiger partial charge in [0.1, 0.15) is 12.1 Å². The smallest absolute Gasteiger partial charge is 0.407 e. The molecule has 1 heterocycles.